The van der Waals surface area contributed by atoms with Gasteiger partial charge in [0.05, 0.1) is 12.4 Å². The monoisotopic (exact) mass is 272 g/mol. The molecular weight excluding hydrogens is 256 g/mol. The zero-order chi connectivity index (χ0) is 14.7. The van der Waals surface area contributed by atoms with E-state index in [4.69, 9.17) is 5.11 Å². The van der Waals surface area contributed by atoms with Gasteiger partial charge in [-0.25, -0.2) is 9.78 Å². The Bertz CT molecular complexity index is 641. The summed E-state index contributed by atoms with van der Waals surface area (Å²) in [5.74, 6) is -0.697. The highest BCUT2D eigenvalue weighted by Gasteiger charge is 2.07. The van der Waals surface area contributed by atoms with Gasteiger partial charge in [0.1, 0.15) is 5.82 Å². The third kappa shape index (κ3) is 3.03. The highest BCUT2D eigenvalue weighted by Crippen LogP contribution is 2.24. The van der Waals surface area contributed by atoms with E-state index >= 15 is 0 Å². The topological polar surface area (TPSA) is 78.3 Å². The molecule has 1 heterocycles. The maximum Gasteiger partial charge on any atom is 0.356 e. The molecule has 0 bridgehead atoms. The number of anilines is 3. The van der Waals surface area contributed by atoms with Gasteiger partial charge < -0.3 is 15.3 Å². The normalized spacial score (nSPS) is 10.2. The maximum atomic E-state index is 10.9. The Hall–Kier alpha value is -2.63. The highest BCUT2D eigenvalue weighted by atomic mass is 16.4. The van der Waals surface area contributed by atoms with Crippen molar-refractivity contribution < 1.29 is 9.90 Å². The van der Waals surface area contributed by atoms with Crippen molar-refractivity contribution in [3.8, 4) is 0 Å². The Kier molecular flexibility index (Phi) is 3.84. The van der Waals surface area contributed by atoms with Crippen molar-refractivity contribution in [1.29, 1.82) is 0 Å². The first-order valence-corrected chi connectivity index (χ1v) is 6.07. The van der Waals surface area contributed by atoms with Gasteiger partial charge in [-0.2, -0.15) is 0 Å². The lowest BCUT2D eigenvalue weighted by Gasteiger charge is -2.17. The predicted molar refractivity (Wildman–Crippen MR) is 77.8 cm³/mol. The SMILES string of the molecule is Cc1ccc(Nc2cncc(C(=O)O)n2)cc1N(C)C. The molecule has 2 rings (SSSR count). The van der Waals surface area contributed by atoms with Gasteiger partial charge in [0.15, 0.2) is 5.69 Å². The zero-order valence-corrected chi connectivity index (χ0v) is 11.6. The fourth-order valence-electron chi connectivity index (χ4n) is 1.85. The van der Waals surface area contributed by atoms with Gasteiger partial charge in [-0.3, -0.25) is 4.98 Å². The molecule has 20 heavy (non-hydrogen) atoms. The third-order valence-corrected chi connectivity index (χ3v) is 2.82. The van der Waals surface area contributed by atoms with Crippen molar-refractivity contribution in [1.82, 2.24) is 9.97 Å². The smallest absolute Gasteiger partial charge is 0.356 e. The number of benzene rings is 1. The molecule has 1 aromatic carbocycles. The van der Waals surface area contributed by atoms with Gasteiger partial charge in [-0.05, 0) is 24.6 Å². The first-order chi connectivity index (χ1) is 9.47. The first kappa shape index (κ1) is 13.8. The standard InChI is InChI=1S/C14H16N4O2/c1-9-4-5-10(6-12(9)18(2)3)16-13-8-15-7-11(17-13)14(19)20/h4-8H,1-3H3,(H,16,17)(H,19,20). The molecule has 6 nitrogen and oxygen atoms in total. The second-order valence-electron chi connectivity index (χ2n) is 4.62. The molecule has 0 saturated heterocycles. The molecule has 0 amide bonds. The minimum absolute atomic E-state index is 0.0880. The lowest BCUT2D eigenvalue weighted by Crippen LogP contribution is -2.10. The number of rotatable bonds is 4. The maximum absolute atomic E-state index is 10.9. The third-order valence-electron chi connectivity index (χ3n) is 2.82. The lowest BCUT2D eigenvalue weighted by atomic mass is 10.1. The van der Waals surface area contributed by atoms with Crippen LogP contribution in [0.25, 0.3) is 0 Å². The van der Waals surface area contributed by atoms with E-state index in [2.05, 4.69) is 15.3 Å². The van der Waals surface area contributed by atoms with E-state index < -0.39 is 5.97 Å². The summed E-state index contributed by atoms with van der Waals surface area (Å²) in [5.41, 5.74) is 2.98. The summed E-state index contributed by atoms with van der Waals surface area (Å²) in [4.78, 5) is 20.7. The van der Waals surface area contributed by atoms with Crippen LogP contribution >= 0.6 is 0 Å². The number of aromatic nitrogens is 2. The summed E-state index contributed by atoms with van der Waals surface area (Å²) in [6.45, 7) is 2.03. The number of carbonyl (C=O) groups is 1. The molecule has 0 saturated carbocycles. The average Bonchev–Trinajstić information content (AvgIpc) is 2.41. The van der Waals surface area contributed by atoms with E-state index in [9.17, 15) is 4.79 Å². The fraction of sp³-hybridized carbons (Fsp3) is 0.214. The second-order valence-corrected chi connectivity index (χ2v) is 4.62. The summed E-state index contributed by atoms with van der Waals surface area (Å²) in [5, 5.41) is 11.9. The van der Waals surface area contributed by atoms with Gasteiger partial charge in [-0.15, -0.1) is 0 Å². The van der Waals surface area contributed by atoms with Gasteiger partial charge in [-0.1, -0.05) is 6.07 Å². The van der Waals surface area contributed by atoms with Gasteiger partial charge in [0, 0.05) is 25.5 Å². The van der Waals surface area contributed by atoms with Crippen LogP contribution in [-0.4, -0.2) is 35.1 Å². The minimum atomic E-state index is -1.10. The van der Waals surface area contributed by atoms with Crippen molar-refractivity contribution in [3.05, 3.63) is 41.9 Å². The van der Waals surface area contributed by atoms with Crippen LogP contribution < -0.4 is 10.2 Å². The first-order valence-electron chi connectivity index (χ1n) is 6.07. The minimum Gasteiger partial charge on any atom is -0.476 e. The Morgan fingerprint density at radius 2 is 2.05 bits per heavy atom. The van der Waals surface area contributed by atoms with Crippen LogP contribution in [0.15, 0.2) is 30.6 Å². The summed E-state index contributed by atoms with van der Waals surface area (Å²) in [7, 11) is 3.94. The molecule has 0 spiro atoms. The van der Waals surface area contributed by atoms with Crippen molar-refractivity contribution >= 4 is 23.2 Å². The fourth-order valence-corrected chi connectivity index (χ4v) is 1.85. The number of aryl methyl sites for hydroxylation is 1. The number of aromatic carboxylic acids is 1. The molecule has 0 unspecified atom stereocenters. The summed E-state index contributed by atoms with van der Waals surface area (Å²) in [6.07, 6.45) is 2.70. The molecule has 1 aromatic heterocycles. The van der Waals surface area contributed by atoms with E-state index in [1.165, 1.54) is 12.4 Å². The highest BCUT2D eigenvalue weighted by molar-refractivity contribution is 5.85. The van der Waals surface area contributed by atoms with Crippen molar-refractivity contribution in [3.63, 3.8) is 0 Å². The molecule has 0 aliphatic heterocycles. The number of carboxylic acid groups (broad SMARTS) is 1. The van der Waals surface area contributed by atoms with Crippen molar-refractivity contribution in [2.75, 3.05) is 24.3 Å². The van der Waals surface area contributed by atoms with Crippen LogP contribution in [0.5, 0.6) is 0 Å². The molecule has 2 N–H and O–H groups in total. The Morgan fingerprint density at radius 1 is 1.30 bits per heavy atom. The van der Waals surface area contributed by atoms with Gasteiger partial charge in [0.25, 0.3) is 0 Å². The van der Waals surface area contributed by atoms with E-state index in [1.807, 2.05) is 44.1 Å². The summed E-state index contributed by atoms with van der Waals surface area (Å²) >= 11 is 0. The number of nitrogens with zero attached hydrogens (tertiary/aromatic N) is 3. The molecule has 0 aliphatic rings. The summed E-state index contributed by atoms with van der Waals surface area (Å²) < 4.78 is 0. The molecule has 0 atom stereocenters. The van der Waals surface area contributed by atoms with Crippen molar-refractivity contribution in [2.24, 2.45) is 0 Å². The number of hydrogen-bond donors (Lipinski definition) is 2. The van der Waals surface area contributed by atoms with Crippen LogP contribution in [0.3, 0.4) is 0 Å². The van der Waals surface area contributed by atoms with Gasteiger partial charge >= 0.3 is 5.97 Å². The van der Waals surface area contributed by atoms with E-state index in [-0.39, 0.29) is 5.69 Å². The number of carboxylic acids is 1. The Balaban J connectivity index is 2.28. The summed E-state index contributed by atoms with van der Waals surface area (Å²) in [6, 6.07) is 5.88. The molecule has 0 aliphatic carbocycles. The quantitative estimate of drug-likeness (QED) is 0.889. The van der Waals surface area contributed by atoms with Gasteiger partial charge in [0.2, 0.25) is 0 Å². The Labute approximate surface area is 117 Å². The van der Waals surface area contributed by atoms with Crippen LogP contribution in [0.1, 0.15) is 16.1 Å². The largest absolute Gasteiger partial charge is 0.476 e. The van der Waals surface area contributed by atoms with E-state index in [1.54, 1.807) is 0 Å². The lowest BCUT2D eigenvalue weighted by molar-refractivity contribution is 0.0690. The zero-order valence-electron chi connectivity index (χ0n) is 11.6. The second kappa shape index (κ2) is 5.56. The predicted octanol–water partition coefficient (Wildman–Crippen LogP) is 2.29. The molecule has 104 valence electrons. The Morgan fingerprint density at radius 3 is 2.70 bits per heavy atom. The molecule has 6 heteroatoms. The number of nitrogens with one attached hydrogen (secondary N) is 1. The van der Waals surface area contributed by atoms with Crippen LogP contribution in [0.4, 0.5) is 17.2 Å². The van der Waals surface area contributed by atoms with Crippen molar-refractivity contribution in [2.45, 2.75) is 6.92 Å². The molecule has 2 aromatic rings. The van der Waals surface area contributed by atoms with Crippen LogP contribution in [0, 0.1) is 6.92 Å². The molecule has 0 fully saturated rings. The average molecular weight is 272 g/mol. The molecular formula is C14H16N4O2. The molecule has 0 radical (unpaired) electrons. The van der Waals surface area contributed by atoms with Crippen LogP contribution in [0.2, 0.25) is 0 Å². The van der Waals surface area contributed by atoms with E-state index in [0.717, 1.165) is 16.9 Å². The number of hydrogen-bond acceptors (Lipinski definition) is 5. The van der Waals surface area contributed by atoms with E-state index in [0.29, 0.717) is 5.82 Å². The van der Waals surface area contributed by atoms with Crippen LogP contribution in [-0.2, 0) is 0 Å².